The van der Waals surface area contributed by atoms with Gasteiger partial charge in [0.1, 0.15) is 43.1 Å². The quantitative estimate of drug-likeness (QED) is 0.0271. The van der Waals surface area contributed by atoms with E-state index in [1.54, 1.807) is 81.8 Å². The van der Waals surface area contributed by atoms with E-state index < -0.39 is 15.8 Å². The molecule has 29 nitrogen and oxygen atoms in total. The number of carboxylic acid groups (broad SMARTS) is 1. The molecule has 0 bridgehead atoms. The van der Waals surface area contributed by atoms with E-state index in [1.807, 2.05) is 52.9 Å². The number of hydrogen-bond acceptors (Lipinski definition) is 23. The first-order valence-corrected chi connectivity index (χ1v) is 25.1. The smallest absolute Gasteiger partial charge is 0.354 e. The zero-order chi connectivity index (χ0) is 60.6. The number of carboxylic acids is 1. The van der Waals surface area contributed by atoms with Crippen molar-refractivity contribution in [3.05, 3.63) is 183 Å². The molecule has 10 aromatic rings. The summed E-state index contributed by atoms with van der Waals surface area (Å²) in [6.07, 6.45) is 8.81. The van der Waals surface area contributed by atoms with Crippen molar-refractivity contribution in [3.8, 4) is 17.6 Å². The molecule has 0 unspecified atom stereocenters. The lowest BCUT2D eigenvalue weighted by atomic mass is 10.3. The number of nitrogens with one attached hydrogen (secondary N) is 1. The van der Waals surface area contributed by atoms with Gasteiger partial charge in [-0.3, -0.25) is 33.8 Å². The van der Waals surface area contributed by atoms with Crippen LogP contribution in [0.4, 0.5) is 22.7 Å². The highest BCUT2D eigenvalue weighted by molar-refractivity contribution is 6.29. The number of hydrogen-bond donors (Lipinski definition) is 4. The van der Waals surface area contributed by atoms with Gasteiger partial charge in [-0.15, -0.1) is 0 Å². The van der Waals surface area contributed by atoms with Gasteiger partial charge >= 0.3 is 5.97 Å². The van der Waals surface area contributed by atoms with Crippen LogP contribution in [0, 0.1) is 20.2 Å². The third-order valence-corrected chi connectivity index (χ3v) is 10.5. The van der Waals surface area contributed by atoms with Crippen LogP contribution >= 0.6 is 11.6 Å². The van der Waals surface area contributed by atoms with Gasteiger partial charge in [-0.1, -0.05) is 35.9 Å². The zero-order valence-corrected chi connectivity index (χ0v) is 46.3. The molecule has 0 spiro atoms. The number of amides is 1. The molecular formula is C54H57ClN14O15. The van der Waals surface area contributed by atoms with Crippen LogP contribution in [-0.2, 0) is 18.9 Å². The predicted molar refractivity (Wildman–Crippen MR) is 307 cm³/mol. The summed E-state index contributed by atoms with van der Waals surface area (Å²) in [7, 11) is 6.34. The summed E-state index contributed by atoms with van der Waals surface area (Å²) in [6, 6.07) is 30.7. The predicted octanol–water partition coefficient (Wildman–Crippen LogP) is 7.11. The lowest BCUT2D eigenvalue weighted by molar-refractivity contribution is -0.385. The monoisotopic (exact) mass is 1180 g/mol. The van der Waals surface area contributed by atoms with Crippen LogP contribution in [0.1, 0.15) is 21.0 Å². The second-order valence-electron chi connectivity index (χ2n) is 16.2. The van der Waals surface area contributed by atoms with Crippen molar-refractivity contribution in [3.63, 3.8) is 0 Å². The molecule has 1 amide bonds. The van der Waals surface area contributed by atoms with Gasteiger partial charge in [-0.2, -0.15) is 0 Å². The Kier molecular flexibility index (Phi) is 26.8. The Morgan fingerprint density at radius 1 is 0.560 bits per heavy atom. The minimum Gasteiger partial charge on any atom is -0.477 e. The number of para-hydroxylation sites is 4. The number of aliphatic hydroxyl groups excluding tert-OH is 1. The lowest BCUT2D eigenvalue weighted by Crippen LogP contribution is -2.14. The van der Waals surface area contributed by atoms with Crippen LogP contribution in [0.2, 0.25) is 5.15 Å². The van der Waals surface area contributed by atoms with E-state index in [4.69, 9.17) is 56.0 Å². The number of aromatic nitrogens is 10. The second-order valence-corrected chi connectivity index (χ2v) is 16.6. The van der Waals surface area contributed by atoms with Gasteiger partial charge < -0.3 is 54.4 Å². The van der Waals surface area contributed by atoms with Crippen LogP contribution in [-0.4, -0.2) is 162 Å². The first-order valence-electron chi connectivity index (χ1n) is 24.7. The summed E-state index contributed by atoms with van der Waals surface area (Å²) in [5.74, 6) is 0.890. The van der Waals surface area contributed by atoms with Crippen LogP contribution < -0.4 is 25.3 Å². The number of rotatable bonds is 19. The van der Waals surface area contributed by atoms with Gasteiger partial charge in [-0.25, -0.2) is 44.7 Å². The maximum atomic E-state index is 12.5. The topological polar surface area (TPSA) is 375 Å². The van der Waals surface area contributed by atoms with Crippen molar-refractivity contribution >= 4 is 79.8 Å². The number of carbonyl (C=O) groups excluding carboxylic acids is 1. The second kappa shape index (κ2) is 34.9. The Bertz CT molecular complexity index is 3640. The molecular weight excluding hydrogens is 1120 g/mol. The molecule has 84 heavy (non-hydrogen) atoms. The number of nitro groups is 2. The largest absolute Gasteiger partial charge is 0.477 e. The molecule has 8 aromatic heterocycles. The summed E-state index contributed by atoms with van der Waals surface area (Å²) < 4.78 is 38.3. The molecule has 0 fully saturated rings. The van der Waals surface area contributed by atoms with Crippen molar-refractivity contribution < 1.29 is 62.8 Å². The molecule has 0 saturated heterocycles. The fraction of sp³-hybridized carbons (Fsp3) is 0.222. The Hall–Kier alpha value is -10.2. The van der Waals surface area contributed by atoms with Crippen LogP contribution in [0.3, 0.4) is 0 Å². The van der Waals surface area contributed by atoms with E-state index in [-0.39, 0.29) is 40.4 Å². The molecule has 0 aliphatic rings. The normalized spacial score (nSPS) is 10.3. The van der Waals surface area contributed by atoms with E-state index in [9.17, 15) is 29.8 Å². The minimum absolute atomic E-state index is 0.00260. The molecule has 5 N–H and O–H groups in total. The number of carbonyl (C=O) groups is 2. The number of halogens is 1. The standard InChI is InChI=1S/C19H17N5O3.C11H7N3O2.C8H10N2O4.C8H12N2O2.C5H3ClN2O2.C3H8O2/c1-26-10-11-27-17-7-6-13(12-20-17)21-18(25)15-8-9-24-16-5-3-2-4-14(16)22-19(24)23-15;15-10(16)8-5-6-14-9-4-2-1-3-7(9)12-11(14)13-8;1-13-4-5-14-8-3-2-7(6-9-8)10(11)12;1-11-4-5-12-8-3-2-7(9)6-10-8;6-5-2-1-4(3-7-5)8(9)10;1-5-3-2-4/h2-9,12H,10-11H2,1H3,(H,21,25);1-6H,(H,15,16);2-3,6H,4-5H2,1H3;2-3,6H,4-5,9H2,1H3;1-3H;4H,2-3H2,1H3. The number of benzene rings is 2. The molecule has 440 valence electrons. The minimum atomic E-state index is -1.05. The number of aliphatic hydroxyl groups is 1. The molecule has 0 radical (unpaired) electrons. The van der Waals surface area contributed by atoms with E-state index in [1.165, 1.54) is 36.5 Å². The Labute approximate surface area is 482 Å². The SMILES string of the molecule is COCCO.COCCOc1ccc(N)cn1.COCCOc1ccc(NC(=O)c2ccn3c(n2)nc2ccccc23)cn1.COCCOc1ccc([N+](=O)[O-])cn1.O=C(O)c1ccn2c(n1)nc1ccccc12.O=[N+]([O-])c1ccc(Cl)nc1. The molecule has 10 rings (SSSR count). The number of nitrogens with two attached hydrogens (primary N) is 1. The van der Waals surface area contributed by atoms with Crippen molar-refractivity contribution in [1.29, 1.82) is 0 Å². The van der Waals surface area contributed by atoms with Gasteiger partial charge in [0, 0.05) is 71.2 Å². The molecule has 0 aliphatic carbocycles. The van der Waals surface area contributed by atoms with Crippen LogP contribution in [0.5, 0.6) is 17.6 Å². The fourth-order valence-electron chi connectivity index (χ4n) is 6.37. The maximum Gasteiger partial charge on any atom is 0.354 e. The Balaban J connectivity index is 0.000000197. The highest BCUT2D eigenvalue weighted by atomic mass is 35.5. The summed E-state index contributed by atoms with van der Waals surface area (Å²) in [4.78, 5) is 74.9. The summed E-state index contributed by atoms with van der Waals surface area (Å²) >= 11 is 5.38. The molecule has 0 atom stereocenters. The van der Waals surface area contributed by atoms with Gasteiger partial charge in [0.15, 0.2) is 5.69 Å². The number of ether oxygens (including phenoxy) is 7. The zero-order valence-electron chi connectivity index (χ0n) is 45.5. The molecule has 8 heterocycles. The number of pyridine rings is 4. The molecule has 0 saturated carbocycles. The first kappa shape index (κ1) is 64.6. The van der Waals surface area contributed by atoms with E-state index >= 15 is 0 Å². The van der Waals surface area contributed by atoms with E-state index in [0.717, 1.165) is 34.5 Å². The van der Waals surface area contributed by atoms with Gasteiger partial charge in [0.05, 0.1) is 88.7 Å². The Morgan fingerprint density at radius 3 is 1.42 bits per heavy atom. The number of aromatic carboxylic acids is 1. The fourth-order valence-corrected chi connectivity index (χ4v) is 6.49. The number of anilines is 2. The third-order valence-electron chi connectivity index (χ3n) is 10.3. The van der Waals surface area contributed by atoms with Gasteiger partial charge in [-0.05, 0) is 54.6 Å². The molecule has 2 aromatic carbocycles. The van der Waals surface area contributed by atoms with Crippen molar-refractivity contribution in [2.24, 2.45) is 0 Å². The lowest BCUT2D eigenvalue weighted by Gasteiger charge is -2.07. The summed E-state index contributed by atoms with van der Waals surface area (Å²) in [6.45, 7) is 3.37. The van der Waals surface area contributed by atoms with Crippen LogP contribution in [0.25, 0.3) is 33.6 Å². The molecule has 30 heteroatoms. The number of nitrogens with zero attached hydrogens (tertiary/aromatic N) is 12. The van der Waals surface area contributed by atoms with Crippen LogP contribution in [0.15, 0.2) is 146 Å². The van der Waals surface area contributed by atoms with Crippen molar-refractivity contribution in [2.75, 3.05) is 92.3 Å². The van der Waals surface area contributed by atoms with E-state index in [2.05, 4.69) is 49.9 Å². The Morgan fingerprint density at radius 2 is 1.01 bits per heavy atom. The molecule has 0 aliphatic heterocycles. The number of methoxy groups -OCH3 is 4. The van der Waals surface area contributed by atoms with Gasteiger partial charge in [0.2, 0.25) is 29.2 Å². The third kappa shape index (κ3) is 21.1. The number of imidazole rings is 2. The highest BCUT2D eigenvalue weighted by Gasteiger charge is 2.13. The highest BCUT2D eigenvalue weighted by Crippen LogP contribution is 2.19. The van der Waals surface area contributed by atoms with Gasteiger partial charge in [0.25, 0.3) is 17.3 Å². The number of fused-ring (bicyclic) bond motifs is 6. The van der Waals surface area contributed by atoms with Crippen molar-refractivity contribution in [1.82, 2.24) is 48.7 Å². The average Bonchev–Trinajstić information content (AvgIpc) is 4.20. The average molecular weight is 1180 g/mol. The number of nitrogen functional groups attached to an aromatic ring is 1. The maximum absolute atomic E-state index is 12.5. The first-order chi connectivity index (χ1) is 40.7. The summed E-state index contributed by atoms with van der Waals surface area (Å²) in [5.41, 5.74) is 10.3. The van der Waals surface area contributed by atoms with Crippen molar-refractivity contribution in [2.45, 2.75) is 0 Å². The summed E-state index contributed by atoms with van der Waals surface area (Å²) in [5, 5.41) is 40.1. The van der Waals surface area contributed by atoms with E-state index in [0.29, 0.717) is 86.8 Å².